The first-order chi connectivity index (χ1) is 13.2. The van der Waals surface area contributed by atoms with Crippen LogP contribution in [0.3, 0.4) is 0 Å². The van der Waals surface area contributed by atoms with Gasteiger partial charge in [-0.2, -0.15) is 0 Å². The Hall–Kier alpha value is -3.14. The molecule has 4 nitrogen and oxygen atoms in total. The van der Waals surface area contributed by atoms with E-state index in [2.05, 4.69) is 76.3 Å². The summed E-state index contributed by atoms with van der Waals surface area (Å²) in [6.07, 6.45) is 9.56. The molecule has 134 valence electrons. The third kappa shape index (κ3) is 2.44. The number of benzene rings is 2. The highest BCUT2D eigenvalue weighted by atomic mass is 15.0. The molecule has 0 radical (unpaired) electrons. The molecule has 0 unspecified atom stereocenters. The van der Waals surface area contributed by atoms with Crippen LogP contribution in [0.4, 0.5) is 5.95 Å². The van der Waals surface area contributed by atoms with Crippen molar-refractivity contribution in [3.8, 4) is 11.1 Å². The zero-order chi connectivity index (χ0) is 18.4. The molecule has 2 aromatic carbocycles. The van der Waals surface area contributed by atoms with Crippen LogP contribution < -0.4 is 5.73 Å². The van der Waals surface area contributed by atoms with E-state index in [0.29, 0.717) is 5.95 Å². The second kappa shape index (κ2) is 5.95. The molecule has 0 aliphatic heterocycles. The summed E-state index contributed by atoms with van der Waals surface area (Å²) in [5, 5.41) is 1.37. The van der Waals surface area contributed by atoms with Crippen molar-refractivity contribution in [1.29, 1.82) is 0 Å². The van der Waals surface area contributed by atoms with Crippen molar-refractivity contribution in [3.05, 3.63) is 78.2 Å². The number of aromatic nitrogens is 3. The van der Waals surface area contributed by atoms with E-state index in [9.17, 15) is 0 Å². The molecular formula is C23H22N4. The van der Waals surface area contributed by atoms with E-state index in [0.717, 1.165) is 11.1 Å². The number of nitrogens with zero attached hydrogens (tertiary/aromatic N) is 3. The minimum Gasteiger partial charge on any atom is -0.368 e. The fourth-order valence-electron chi connectivity index (χ4n) is 4.44. The molecule has 5 rings (SSSR count). The van der Waals surface area contributed by atoms with Crippen LogP contribution in [0.5, 0.6) is 0 Å². The number of anilines is 1. The first-order valence-corrected chi connectivity index (χ1v) is 9.40. The number of aryl methyl sites for hydroxylation is 1. The van der Waals surface area contributed by atoms with Crippen LogP contribution in [0.1, 0.15) is 30.4 Å². The quantitative estimate of drug-likeness (QED) is 0.581. The Morgan fingerprint density at radius 2 is 1.63 bits per heavy atom. The van der Waals surface area contributed by atoms with Crippen molar-refractivity contribution < 1.29 is 0 Å². The highest BCUT2D eigenvalue weighted by Gasteiger charge is 2.42. The predicted molar refractivity (Wildman–Crippen MR) is 109 cm³/mol. The largest absolute Gasteiger partial charge is 0.368 e. The van der Waals surface area contributed by atoms with E-state index in [1.165, 1.54) is 41.3 Å². The van der Waals surface area contributed by atoms with Gasteiger partial charge in [-0.05, 0) is 35.6 Å². The maximum absolute atomic E-state index is 5.60. The summed E-state index contributed by atoms with van der Waals surface area (Å²) in [5.74, 6) is 0.305. The van der Waals surface area contributed by atoms with Crippen LogP contribution in [-0.2, 0) is 12.5 Å². The van der Waals surface area contributed by atoms with Gasteiger partial charge >= 0.3 is 0 Å². The van der Waals surface area contributed by atoms with E-state index in [4.69, 9.17) is 5.73 Å². The van der Waals surface area contributed by atoms with E-state index in [1.54, 1.807) is 12.4 Å². The molecule has 0 bridgehead atoms. The van der Waals surface area contributed by atoms with Crippen LogP contribution in [0.25, 0.3) is 22.0 Å². The SMILES string of the molecule is Cn1cc(C2(c3ccc(-c4cnc(N)nc4)cc3)CCC2)c2ccccc21. The fourth-order valence-corrected chi connectivity index (χ4v) is 4.44. The Balaban J connectivity index is 1.58. The average Bonchev–Trinajstić information content (AvgIpc) is 3.00. The zero-order valence-electron chi connectivity index (χ0n) is 15.4. The van der Waals surface area contributed by atoms with Crippen LogP contribution >= 0.6 is 0 Å². The van der Waals surface area contributed by atoms with Gasteiger partial charge in [0, 0.05) is 47.5 Å². The average molecular weight is 354 g/mol. The number of rotatable bonds is 3. The molecule has 0 saturated heterocycles. The Bertz CT molecular complexity index is 1100. The molecule has 2 aromatic heterocycles. The molecule has 2 heterocycles. The van der Waals surface area contributed by atoms with Gasteiger partial charge in [-0.3, -0.25) is 0 Å². The molecule has 1 fully saturated rings. The second-order valence-corrected chi connectivity index (χ2v) is 7.51. The molecule has 4 heteroatoms. The molecule has 0 spiro atoms. The van der Waals surface area contributed by atoms with Gasteiger partial charge in [0.05, 0.1) is 0 Å². The monoisotopic (exact) mass is 354 g/mol. The molecule has 1 aliphatic carbocycles. The lowest BCUT2D eigenvalue weighted by Crippen LogP contribution is -2.35. The van der Waals surface area contributed by atoms with E-state index >= 15 is 0 Å². The molecule has 4 aromatic rings. The van der Waals surface area contributed by atoms with Crippen LogP contribution in [0, 0.1) is 0 Å². The summed E-state index contributed by atoms with van der Waals surface area (Å²) in [7, 11) is 2.14. The molecule has 27 heavy (non-hydrogen) atoms. The number of nitrogens with two attached hydrogens (primary N) is 1. The van der Waals surface area contributed by atoms with Crippen molar-refractivity contribution in [3.63, 3.8) is 0 Å². The van der Waals surface area contributed by atoms with Gasteiger partial charge in [0.15, 0.2) is 0 Å². The highest BCUT2D eigenvalue weighted by Crippen LogP contribution is 2.51. The van der Waals surface area contributed by atoms with Gasteiger partial charge in [-0.1, -0.05) is 48.9 Å². The summed E-state index contributed by atoms with van der Waals surface area (Å²) in [6, 6.07) is 17.6. The van der Waals surface area contributed by atoms with E-state index < -0.39 is 0 Å². The molecule has 0 amide bonds. The molecule has 2 N–H and O–H groups in total. The van der Waals surface area contributed by atoms with E-state index in [1.807, 2.05) is 0 Å². The van der Waals surface area contributed by atoms with Crippen molar-refractivity contribution in [2.45, 2.75) is 24.7 Å². The second-order valence-electron chi connectivity index (χ2n) is 7.51. The summed E-state index contributed by atoms with van der Waals surface area (Å²) < 4.78 is 2.25. The molecule has 0 atom stereocenters. The summed E-state index contributed by atoms with van der Waals surface area (Å²) in [6.45, 7) is 0. The number of para-hydroxylation sites is 1. The van der Waals surface area contributed by atoms with Gasteiger partial charge in [0.25, 0.3) is 0 Å². The maximum atomic E-state index is 5.60. The summed E-state index contributed by atoms with van der Waals surface area (Å²) in [4.78, 5) is 8.20. The maximum Gasteiger partial charge on any atom is 0.219 e. The third-order valence-corrected chi connectivity index (χ3v) is 6.06. The van der Waals surface area contributed by atoms with Crippen LogP contribution in [-0.4, -0.2) is 14.5 Å². The fraction of sp³-hybridized carbons (Fsp3) is 0.217. The normalized spacial score (nSPS) is 15.6. The minimum atomic E-state index is 0.122. The number of nitrogen functional groups attached to an aromatic ring is 1. The molecule has 1 saturated carbocycles. The first-order valence-electron chi connectivity index (χ1n) is 9.40. The zero-order valence-corrected chi connectivity index (χ0v) is 15.4. The van der Waals surface area contributed by atoms with Crippen molar-refractivity contribution >= 4 is 16.9 Å². The standard InChI is InChI=1S/C23H22N4/c1-27-15-20(19-5-2-3-6-21(19)27)23(11-4-12-23)18-9-7-16(8-10-18)17-13-25-22(24)26-14-17/h2-3,5-10,13-15H,4,11-12H2,1H3,(H2,24,25,26). The summed E-state index contributed by atoms with van der Waals surface area (Å²) in [5.41, 5.74) is 12.0. The van der Waals surface area contributed by atoms with Crippen LogP contribution in [0.2, 0.25) is 0 Å². The Morgan fingerprint density at radius 3 is 2.30 bits per heavy atom. The lowest BCUT2D eigenvalue weighted by molar-refractivity contribution is 0.303. The first kappa shape index (κ1) is 16.1. The number of fused-ring (bicyclic) bond motifs is 1. The van der Waals surface area contributed by atoms with Crippen molar-refractivity contribution in [2.75, 3.05) is 5.73 Å². The highest BCUT2D eigenvalue weighted by molar-refractivity contribution is 5.86. The van der Waals surface area contributed by atoms with E-state index in [-0.39, 0.29) is 5.41 Å². The predicted octanol–water partition coefficient (Wildman–Crippen LogP) is 4.69. The Morgan fingerprint density at radius 1 is 0.926 bits per heavy atom. The third-order valence-electron chi connectivity index (χ3n) is 6.06. The number of hydrogen-bond acceptors (Lipinski definition) is 3. The lowest BCUT2D eigenvalue weighted by atomic mass is 9.60. The molecule has 1 aliphatic rings. The Kier molecular flexibility index (Phi) is 3.54. The topological polar surface area (TPSA) is 56.7 Å². The van der Waals surface area contributed by atoms with Crippen LogP contribution in [0.15, 0.2) is 67.1 Å². The minimum absolute atomic E-state index is 0.122. The van der Waals surface area contributed by atoms with Gasteiger partial charge in [-0.15, -0.1) is 0 Å². The van der Waals surface area contributed by atoms with Crippen molar-refractivity contribution in [1.82, 2.24) is 14.5 Å². The number of hydrogen-bond donors (Lipinski definition) is 1. The smallest absolute Gasteiger partial charge is 0.219 e. The Labute approximate surface area is 158 Å². The van der Waals surface area contributed by atoms with Gasteiger partial charge < -0.3 is 10.3 Å². The van der Waals surface area contributed by atoms with Gasteiger partial charge in [-0.25, -0.2) is 9.97 Å². The summed E-state index contributed by atoms with van der Waals surface area (Å²) >= 11 is 0. The lowest BCUT2D eigenvalue weighted by Gasteiger charge is -2.43. The van der Waals surface area contributed by atoms with Crippen molar-refractivity contribution in [2.24, 2.45) is 7.05 Å². The van der Waals surface area contributed by atoms with Gasteiger partial charge in [0.1, 0.15) is 0 Å². The molecular weight excluding hydrogens is 332 g/mol. The van der Waals surface area contributed by atoms with Gasteiger partial charge in [0.2, 0.25) is 5.95 Å².